The summed E-state index contributed by atoms with van der Waals surface area (Å²) in [6, 6.07) is 8.03. The van der Waals surface area contributed by atoms with Gasteiger partial charge in [-0.2, -0.15) is 0 Å². The van der Waals surface area contributed by atoms with Crippen LogP contribution in [0.15, 0.2) is 36.9 Å². The van der Waals surface area contributed by atoms with E-state index < -0.39 is 0 Å². The Morgan fingerprint density at radius 1 is 1.47 bits per heavy atom. The van der Waals surface area contributed by atoms with Crippen molar-refractivity contribution in [1.82, 2.24) is 10.3 Å². The highest BCUT2D eigenvalue weighted by Crippen LogP contribution is 2.22. The van der Waals surface area contributed by atoms with Crippen LogP contribution in [-0.2, 0) is 11.2 Å². The quantitative estimate of drug-likeness (QED) is 0.775. The van der Waals surface area contributed by atoms with E-state index in [-0.39, 0.29) is 5.91 Å². The number of benzene rings is 1. The highest BCUT2D eigenvalue weighted by atomic mass is 16.1. The first kappa shape index (κ1) is 11.5. The highest BCUT2D eigenvalue weighted by Gasteiger charge is 2.11. The molecule has 1 aromatic heterocycles. The lowest BCUT2D eigenvalue weighted by atomic mass is 10.1. The number of H-pyrrole nitrogens is 1. The van der Waals surface area contributed by atoms with Crippen molar-refractivity contribution in [3.8, 4) is 0 Å². The average molecular weight is 228 g/mol. The normalized spacial score (nSPS) is 10.4. The van der Waals surface area contributed by atoms with Crippen LogP contribution in [0.5, 0.6) is 0 Å². The zero-order valence-electron chi connectivity index (χ0n) is 9.92. The first-order valence-electron chi connectivity index (χ1n) is 5.66. The molecule has 0 saturated carbocycles. The Morgan fingerprint density at radius 2 is 2.24 bits per heavy atom. The zero-order chi connectivity index (χ0) is 12.3. The maximum Gasteiger partial charge on any atom is 0.224 e. The third-order valence-electron chi connectivity index (χ3n) is 2.81. The van der Waals surface area contributed by atoms with E-state index in [2.05, 4.69) is 16.9 Å². The van der Waals surface area contributed by atoms with Gasteiger partial charge in [0.2, 0.25) is 5.91 Å². The minimum atomic E-state index is 0.0257. The number of amides is 1. The van der Waals surface area contributed by atoms with Crippen molar-refractivity contribution >= 4 is 16.8 Å². The van der Waals surface area contributed by atoms with Gasteiger partial charge in [-0.1, -0.05) is 24.3 Å². The van der Waals surface area contributed by atoms with E-state index in [1.807, 2.05) is 31.2 Å². The molecular formula is C14H16N2O. The third-order valence-corrected chi connectivity index (χ3v) is 2.81. The van der Waals surface area contributed by atoms with Crippen molar-refractivity contribution in [3.63, 3.8) is 0 Å². The van der Waals surface area contributed by atoms with Crippen LogP contribution in [0.1, 0.15) is 11.3 Å². The standard InChI is InChI=1S/C14H16N2O/c1-3-8-15-14(17)9-12-10(2)16-13-7-5-4-6-11(12)13/h3-7,16H,1,8-9H2,2H3,(H,15,17). The molecule has 2 aromatic rings. The number of aromatic amines is 1. The second-order valence-electron chi connectivity index (χ2n) is 4.04. The SMILES string of the molecule is C=CCNC(=O)Cc1c(C)[nH]c2ccccc12. The molecule has 0 bridgehead atoms. The summed E-state index contributed by atoms with van der Waals surface area (Å²) in [5.41, 5.74) is 3.21. The van der Waals surface area contributed by atoms with Gasteiger partial charge in [0.15, 0.2) is 0 Å². The summed E-state index contributed by atoms with van der Waals surface area (Å²) in [6.07, 6.45) is 2.09. The largest absolute Gasteiger partial charge is 0.358 e. The van der Waals surface area contributed by atoms with E-state index in [0.717, 1.165) is 22.2 Å². The number of carbonyl (C=O) groups is 1. The van der Waals surface area contributed by atoms with Crippen LogP contribution in [0.4, 0.5) is 0 Å². The molecule has 17 heavy (non-hydrogen) atoms. The van der Waals surface area contributed by atoms with Gasteiger partial charge in [-0.25, -0.2) is 0 Å². The van der Waals surface area contributed by atoms with Crippen LogP contribution in [-0.4, -0.2) is 17.4 Å². The van der Waals surface area contributed by atoms with E-state index in [9.17, 15) is 4.79 Å². The third kappa shape index (κ3) is 2.38. The Hall–Kier alpha value is -2.03. The van der Waals surface area contributed by atoms with Crippen LogP contribution < -0.4 is 5.32 Å². The van der Waals surface area contributed by atoms with Crippen LogP contribution >= 0.6 is 0 Å². The zero-order valence-corrected chi connectivity index (χ0v) is 9.92. The Morgan fingerprint density at radius 3 is 3.00 bits per heavy atom. The summed E-state index contributed by atoms with van der Waals surface area (Å²) >= 11 is 0. The minimum Gasteiger partial charge on any atom is -0.358 e. The number of nitrogens with one attached hydrogen (secondary N) is 2. The number of hydrogen-bond acceptors (Lipinski definition) is 1. The second kappa shape index (κ2) is 4.87. The molecule has 0 saturated heterocycles. The number of fused-ring (bicyclic) bond motifs is 1. The monoisotopic (exact) mass is 228 g/mol. The number of para-hydroxylation sites is 1. The Kier molecular flexibility index (Phi) is 3.28. The highest BCUT2D eigenvalue weighted by molar-refractivity contribution is 5.90. The van der Waals surface area contributed by atoms with Gasteiger partial charge < -0.3 is 10.3 Å². The van der Waals surface area contributed by atoms with Crippen LogP contribution in [0.3, 0.4) is 0 Å². The van der Waals surface area contributed by atoms with Gasteiger partial charge in [0.1, 0.15) is 0 Å². The molecule has 0 aliphatic carbocycles. The molecule has 1 amide bonds. The van der Waals surface area contributed by atoms with Crippen LogP contribution in [0, 0.1) is 6.92 Å². The Balaban J connectivity index is 2.26. The molecule has 1 heterocycles. The van der Waals surface area contributed by atoms with Crippen molar-refractivity contribution in [2.45, 2.75) is 13.3 Å². The van der Waals surface area contributed by atoms with Crippen molar-refractivity contribution < 1.29 is 4.79 Å². The van der Waals surface area contributed by atoms with E-state index in [1.165, 1.54) is 0 Å². The van der Waals surface area contributed by atoms with Gasteiger partial charge in [-0.15, -0.1) is 6.58 Å². The van der Waals surface area contributed by atoms with Crippen LogP contribution in [0.25, 0.3) is 10.9 Å². The number of carbonyl (C=O) groups excluding carboxylic acids is 1. The summed E-state index contributed by atoms with van der Waals surface area (Å²) in [5.74, 6) is 0.0257. The predicted octanol–water partition coefficient (Wildman–Crippen LogP) is 2.32. The van der Waals surface area contributed by atoms with Gasteiger partial charge >= 0.3 is 0 Å². The Bertz CT molecular complexity index is 554. The molecule has 0 radical (unpaired) electrons. The lowest BCUT2D eigenvalue weighted by Gasteiger charge is -2.02. The topological polar surface area (TPSA) is 44.9 Å². The molecule has 88 valence electrons. The van der Waals surface area contributed by atoms with Crippen molar-refractivity contribution in [2.75, 3.05) is 6.54 Å². The maximum absolute atomic E-state index is 11.7. The van der Waals surface area contributed by atoms with E-state index in [1.54, 1.807) is 6.08 Å². The lowest BCUT2D eigenvalue weighted by Crippen LogP contribution is -2.25. The second-order valence-corrected chi connectivity index (χ2v) is 4.04. The molecule has 0 fully saturated rings. The molecule has 0 atom stereocenters. The first-order valence-corrected chi connectivity index (χ1v) is 5.66. The number of rotatable bonds is 4. The van der Waals surface area contributed by atoms with Gasteiger partial charge in [-0.05, 0) is 18.6 Å². The van der Waals surface area contributed by atoms with Gasteiger partial charge in [0, 0.05) is 23.1 Å². The van der Waals surface area contributed by atoms with Crippen molar-refractivity contribution in [2.24, 2.45) is 0 Å². The van der Waals surface area contributed by atoms with E-state index >= 15 is 0 Å². The molecule has 2 N–H and O–H groups in total. The number of aromatic nitrogens is 1. The fraction of sp³-hybridized carbons (Fsp3) is 0.214. The van der Waals surface area contributed by atoms with Crippen molar-refractivity contribution in [1.29, 1.82) is 0 Å². The first-order chi connectivity index (χ1) is 8.22. The van der Waals surface area contributed by atoms with Gasteiger partial charge in [-0.3, -0.25) is 4.79 Å². The van der Waals surface area contributed by atoms with Crippen molar-refractivity contribution in [3.05, 3.63) is 48.2 Å². The summed E-state index contributed by atoms with van der Waals surface area (Å²) < 4.78 is 0. The average Bonchev–Trinajstić information content (AvgIpc) is 2.64. The minimum absolute atomic E-state index is 0.0257. The molecule has 3 nitrogen and oxygen atoms in total. The molecule has 3 heteroatoms. The summed E-state index contributed by atoms with van der Waals surface area (Å²) in [6.45, 7) is 6.09. The molecule has 1 aromatic carbocycles. The van der Waals surface area contributed by atoms with Crippen LogP contribution in [0.2, 0.25) is 0 Å². The predicted molar refractivity (Wildman–Crippen MR) is 69.9 cm³/mol. The summed E-state index contributed by atoms with van der Waals surface area (Å²) in [7, 11) is 0. The Labute approximate surface area is 101 Å². The fourth-order valence-electron chi connectivity index (χ4n) is 1.97. The molecule has 0 unspecified atom stereocenters. The fourth-order valence-corrected chi connectivity index (χ4v) is 1.97. The maximum atomic E-state index is 11.7. The smallest absolute Gasteiger partial charge is 0.224 e. The molecular weight excluding hydrogens is 212 g/mol. The summed E-state index contributed by atoms with van der Waals surface area (Å²) in [4.78, 5) is 15.0. The molecule has 0 spiro atoms. The van der Waals surface area contributed by atoms with E-state index in [0.29, 0.717) is 13.0 Å². The summed E-state index contributed by atoms with van der Waals surface area (Å²) in [5, 5.41) is 3.92. The molecule has 2 rings (SSSR count). The molecule has 0 aliphatic rings. The lowest BCUT2D eigenvalue weighted by molar-refractivity contribution is -0.120. The van der Waals surface area contributed by atoms with E-state index in [4.69, 9.17) is 0 Å². The number of hydrogen-bond donors (Lipinski definition) is 2. The number of aryl methyl sites for hydroxylation is 1. The molecule has 0 aliphatic heterocycles. The van der Waals surface area contributed by atoms with Gasteiger partial charge in [0.25, 0.3) is 0 Å². The van der Waals surface area contributed by atoms with Gasteiger partial charge in [0.05, 0.1) is 6.42 Å².